The Hall–Kier alpha value is -1.85. The predicted molar refractivity (Wildman–Crippen MR) is 120 cm³/mol. The third-order valence-corrected chi connectivity index (χ3v) is 6.03. The van der Waals surface area contributed by atoms with Crippen LogP contribution in [0.1, 0.15) is 64.7 Å². The fourth-order valence-corrected chi connectivity index (χ4v) is 4.26. The van der Waals surface area contributed by atoms with Gasteiger partial charge < -0.3 is 5.32 Å². The second-order valence-electron chi connectivity index (χ2n) is 9.08. The van der Waals surface area contributed by atoms with Gasteiger partial charge in [-0.3, -0.25) is 4.57 Å². The molecule has 0 spiro atoms. The smallest absolute Gasteiger partial charge is 0.209 e. The Balaban J connectivity index is 1.78. The molecule has 0 amide bonds. The van der Waals surface area contributed by atoms with Crippen LogP contribution in [-0.4, -0.2) is 19.5 Å². The molecule has 1 aliphatic rings. The van der Waals surface area contributed by atoms with Crippen LogP contribution in [-0.2, 0) is 6.42 Å². The third kappa shape index (κ3) is 4.67. The number of benzene rings is 1. The van der Waals surface area contributed by atoms with E-state index in [1.54, 1.807) is 6.07 Å². The minimum atomic E-state index is 0.129. The summed E-state index contributed by atoms with van der Waals surface area (Å²) in [6.45, 7) is 6.61. The summed E-state index contributed by atoms with van der Waals surface area (Å²) in [5.74, 6) is 1.65. The molecule has 0 bridgehead atoms. The number of nitrogens with one attached hydrogen (secondary N) is 1. The van der Waals surface area contributed by atoms with Crippen molar-refractivity contribution in [3.8, 4) is 0 Å². The van der Waals surface area contributed by atoms with Crippen LogP contribution in [0.15, 0.2) is 24.4 Å². The van der Waals surface area contributed by atoms with Gasteiger partial charge in [0.05, 0.1) is 16.2 Å². The van der Waals surface area contributed by atoms with E-state index in [9.17, 15) is 0 Å². The SMILES string of the molecule is CC(C)(C)Cc1ncc2nc(Nc3ccc(Cl)c(Cl)c3)n(C3CCCCC3)c2n1. The van der Waals surface area contributed by atoms with Crippen LogP contribution in [0.4, 0.5) is 11.6 Å². The molecule has 0 unspecified atom stereocenters. The molecule has 4 rings (SSSR count). The molecule has 2 heterocycles. The Bertz CT molecular complexity index is 1020. The Morgan fingerprint density at radius 2 is 1.83 bits per heavy atom. The van der Waals surface area contributed by atoms with E-state index in [0.717, 1.165) is 47.9 Å². The molecule has 0 aliphatic heterocycles. The van der Waals surface area contributed by atoms with Crippen LogP contribution < -0.4 is 5.32 Å². The second kappa shape index (κ2) is 8.11. The predicted octanol–water partition coefficient (Wildman–Crippen LogP) is 6.97. The molecule has 7 heteroatoms. The second-order valence-corrected chi connectivity index (χ2v) is 9.90. The van der Waals surface area contributed by atoms with Gasteiger partial charge in [-0.05, 0) is 36.5 Å². The molecule has 3 aromatic rings. The van der Waals surface area contributed by atoms with Gasteiger partial charge >= 0.3 is 0 Å². The van der Waals surface area contributed by atoms with Crippen molar-refractivity contribution < 1.29 is 0 Å². The normalized spacial score (nSPS) is 15.8. The van der Waals surface area contributed by atoms with E-state index in [1.807, 2.05) is 18.3 Å². The first-order chi connectivity index (χ1) is 13.8. The molecule has 0 saturated heterocycles. The van der Waals surface area contributed by atoms with Crippen molar-refractivity contribution in [2.75, 3.05) is 5.32 Å². The fraction of sp³-hybridized carbons (Fsp3) is 0.500. The highest BCUT2D eigenvalue weighted by Gasteiger charge is 2.24. The lowest BCUT2D eigenvalue weighted by molar-refractivity contribution is 0.361. The van der Waals surface area contributed by atoms with Gasteiger partial charge in [-0.2, -0.15) is 0 Å². The minimum Gasteiger partial charge on any atom is -0.325 e. The zero-order valence-electron chi connectivity index (χ0n) is 17.2. The number of fused-ring (bicyclic) bond motifs is 1. The molecular weight excluding hydrogens is 405 g/mol. The molecule has 2 aromatic heterocycles. The summed E-state index contributed by atoms with van der Waals surface area (Å²) in [4.78, 5) is 14.3. The summed E-state index contributed by atoms with van der Waals surface area (Å²) in [6, 6.07) is 5.92. The third-order valence-electron chi connectivity index (χ3n) is 5.29. The Morgan fingerprint density at radius 1 is 1.07 bits per heavy atom. The maximum atomic E-state index is 6.21. The van der Waals surface area contributed by atoms with E-state index >= 15 is 0 Å². The number of imidazole rings is 1. The lowest BCUT2D eigenvalue weighted by Crippen LogP contribution is -2.16. The molecule has 1 N–H and O–H groups in total. The zero-order valence-corrected chi connectivity index (χ0v) is 18.7. The van der Waals surface area contributed by atoms with E-state index < -0.39 is 0 Å². The molecular formula is C22H27Cl2N5. The average molecular weight is 432 g/mol. The van der Waals surface area contributed by atoms with Crippen molar-refractivity contribution in [3.05, 3.63) is 40.3 Å². The van der Waals surface area contributed by atoms with Crippen LogP contribution in [0.25, 0.3) is 11.2 Å². The molecule has 1 fully saturated rings. The molecule has 154 valence electrons. The number of halogens is 2. The van der Waals surface area contributed by atoms with Crippen molar-refractivity contribution in [2.45, 2.75) is 65.3 Å². The summed E-state index contributed by atoms with van der Waals surface area (Å²) in [5.41, 5.74) is 2.71. The van der Waals surface area contributed by atoms with Crippen molar-refractivity contribution >= 4 is 46.0 Å². The van der Waals surface area contributed by atoms with Crippen molar-refractivity contribution in [2.24, 2.45) is 5.41 Å². The van der Waals surface area contributed by atoms with Crippen LogP contribution in [0.3, 0.4) is 0 Å². The van der Waals surface area contributed by atoms with E-state index in [-0.39, 0.29) is 5.41 Å². The highest BCUT2D eigenvalue weighted by atomic mass is 35.5. The van der Waals surface area contributed by atoms with Crippen LogP contribution >= 0.6 is 23.2 Å². The van der Waals surface area contributed by atoms with Gasteiger partial charge in [0.1, 0.15) is 11.3 Å². The molecule has 1 aliphatic carbocycles. The van der Waals surface area contributed by atoms with Gasteiger partial charge in [0.25, 0.3) is 0 Å². The first kappa shape index (κ1) is 20.4. The summed E-state index contributed by atoms with van der Waals surface area (Å²) < 4.78 is 2.27. The number of aromatic nitrogens is 4. The first-order valence-corrected chi connectivity index (χ1v) is 11.0. The largest absolute Gasteiger partial charge is 0.325 e. The lowest BCUT2D eigenvalue weighted by atomic mass is 9.92. The van der Waals surface area contributed by atoms with Gasteiger partial charge in [0.15, 0.2) is 5.65 Å². The summed E-state index contributed by atoms with van der Waals surface area (Å²) >= 11 is 12.3. The number of hydrogen-bond acceptors (Lipinski definition) is 4. The van der Waals surface area contributed by atoms with Gasteiger partial charge in [-0.25, -0.2) is 15.0 Å². The lowest BCUT2D eigenvalue weighted by Gasteiger charge is -2.25. The van der Waals surface area contributed by atoms with Crippen molar-refractivity contribution in [1.29, 1.82) is 0 Å². The highest BCUT2D eigenvalue weighted by Crippen LogP contribution is 2.35. The van der Waals surface area contributed by atoms with Gasteiger partial charge in [0.2, 0.25) is 5.95 Å². The van der Waals surface area contributed by atoms with Crippen molar-refractivity contribution in [3.63, 3.8) is 0 Å². The molecule has 29 heavy (non-hydrogen) atoms. The van der Waals surface area contributed by atoms with E-state index in [4.69, 9.17) is 33.2 Å². The quantitative estimate of drug-likeness (QED) is 0.484. The molecule has 1 aromatic carbocycles. The van der Waals surface area contributed by atoms with Crippen LogP contribution in [0.2, 0.25) is 10.0 Å². The summed E-state index contributed by atoms with van der Waals surface area (Å²) in [5, 5.41) is 4.49. The Kier molecular flexibility index (Phi) is 5.71. The number of rotatable bonds is 4. The number of hydrogen-bond donors (Lipinski definition) is 1. The van der Waals surface area contributed by atoms with Gasteiger partial charge in [0, 0.05) is 18.2 Å². The molecule has 0 atom stereocenters. The van der Waals surface area contributed by atoms with Gasteiger partial charge in [-0.15, -0.1) is 0 Å². The maximum absolute atomic E-state index is 6.21. The number of nitrogens with zero attached hydrogens (tertiary/aromatic N) is 4. The minimum absolute atomic E-state index is 0.129. The Morgan fingerprint density at radius 3 is 2.52 bits per heavy atom. The van der Waals surface area contributed by atoms with E-state index in [0.29, 0.717) is 16.1 Å². The average Bonchev–Trinajstić information content (AvgIpc) is 3.01. The monoisotopic (exact) mass is 431 g/mol. The number of anilines is 2. The molecule has 1 saturated carbocycles. The van der Waals surface area contributed by atoms with E-state index in [2.05, 4.69) is 35.6 Å². The standard InChI is InChI=1S/C22H27Cl2N5/c1-22(2,3)12-19-25-13-18-20(28-19)29(15-7-5-4-6-8-15)21(27-18)26-14-9-10-16(23)17(24)11-14/h9-11,13,15H,4-8,12H2,1-3H3,(H,26,27). The molecule has 5 nitrogen and oxygen atoms in total. The molecule has 0 radical (unpaired) electrons. The van der Waals surface area contributed by atoms with Crippen LogP contribution in [0, 0.1) is 5.41 Å². The van der Waals surface area contributed by atoms with Gasteiger partial charge in [-0.1, -0.05) is 63.2 Å². The zero-order chi connectivity index (χ0) is 20.6. The van der Waals surface area contributed by atoms with E-state index in [1.165, 1.54) is 19.3 Å². The Labute approximate surface area is 181 Å². The highest BCUT2D eigenvalue weighted by molar-refractivity contribution is 6.42. The maximum Gasteiger partial charge on any atom is 0.209 e. The first-order valence-electron chi connectivity index (χ1n) is 10.3. The summed E-state index contributed by atoms with van der Waals surface area (Å²) in [7, 11) is 0. The summed E-state index contributed by atoms with van der Waals surface area (Å²) in [6.07, 6.45) is 8.72. The fourth-order valence-electron chi connectivity index (χ4n) is 3.96. The van der Waals surface area contributed by atoms with Crippen molar-refractivity contribution in [1.82, 2.24) is 19.5 Å². The van der Waals surface area contributed by atoms with Crippen LogP contribution in [0.5, 0.6) is 0 Å². The topological polar surface area (TPSA) is 55.6 Å².